The molecule has 0 radical (unpaired) electrons. The molecule has 0 saturated heterocycles. The van der Waals surface area contributed by atoms with Gasteiger partial charge in [0.1, 0.15) is 0 Å². The van der Waals surface area contributed by atoms with E-state index in [4.69, 9.17) is 26.2 Å². The summed E-state index contributed by atoms with van der Waals surface area (Å²) in [6.07, 6.45) is -0.244. The van der Waals surface area contributed by atoms with E-state index in [-0.39, 0.29) is 18.3 Å². The Morgan fingerprint density at radius 1 is 1.33 bits per heavy atom. The molecule has 0 amide bonds. The van der Waals surface area contributed by atoms with Crippen LogP contribution >= 0.6 is 11.6 Å². The highest BCUT2D eigenvalue weighted by Gasteiger charge is 2.07. The average molecular weight is 274 g/mol. The molecule has 0 heterocycles. The molecule has 4 nitrogen and oxygen atoms in total. The molecule has 0 spiro atoms. The zero-order valence-electron chi connectivity index (χ0n) is 10.7. The van der Waals surface area contributed by atoms with E-state index in [2.05, 4.69) is 5.32 Å². The summed E-state index contributed by atoms with van der Waals surface area (Å²) in [5.74, 6) is 0. The van der Waals surface area contributed by atoms with Gasteiger partial charge in [-0.05, 0) is 11.1 Å². The minimum Gasteiger partial charge on any atom is -0.394 e. The van der Waals surface area contributed by atoms with E-state index in [1.807, 2.05) is 24.3 Å². The van der Waals surface area contributed by atoms with Gasteiger partial charge in [-0.2, -0.15) is 0 Å². The van der Waals surface area contributed by atoms with Gasteiger partial charge in [0.15, 0.2) is 6.29 Å². The predicted molar refractivity (Wildman–Crippen MR) is 71.6 cm³/mol. The van der Waals surface area contributed by atoms with Gasteiger partial charge in [0.2, 0.25) is 0 Å². The molecule has 1 aromatic carbocycles. The standard InChI is InChI=1S/C13H20ClNO3/c1-17-13(18-2)8-15-7-10-4-3-5-11(6-10)12(14)9-16/h3-6,12-13,15-16H,7-9H2,1-2H3. The number of rotatable bonds is 8. The summed E-state index contributed by atoms with van der Waals surface area (Å²) in [5.41, 5.74) is 2.03. The fourth-order valence-electron chi connectivity index (χ4n) is 1.60. The molecule has 2 N–H and O–H groups in total. The van der Waals surface area contributed by atoms with E-state index in [9.17, 15) is 0 Å². The SMILES string of the molecule is COC(CNCc1cccc(C(Cl)CO)c1)OC. The molecule has 18 heavy (non-hydrogen) atoms. The number of halogens is 1. The molecule has 0 bridgehead atoms. The van der Waals surface area contributed by atoms with E-state index < -0.39 is 0 Å². The summed E-state index contributed by atoms with van der Waals surface area (Å²) in [4.78, 5) is 0. The first kappa shape index (κ1) is 15.4. The minimum atomic E-state index is -0.351. The second-order valence-electron chi connectivity index (χ2n) is 3.93. The highest BCUT2D eigenvalue weighted by atomic mass is 35.5. The number of ether oxygens (including phenoxy) is 2. The third-order valence-electron chi connectivity index (χ3n) is 2.64. The number of hydrogen-bond acceptors (Lipinski definition) is 4. The van der Waals surface area contributed by atoms with Crippen molar-refractivity contribution < 1.29 is 14.6 Å². The molecule has 5 heteroatoms. The first-order chi connectivity index (χ1) is 8.71. The lowest BCUT2D eigenvalue weighted by atomic mass is 10.1. The third-order valence-corrected chi connectivity index (χ3v) is 3.03. The normalized spacial score (nSPS) is 12.9. The number of hydrogen-bond donors (Lipinski definition) is 2. The van der Waals surface area contributed by atoms with Gasteiger partial charge < -0.3 is 19.9 Å². The Labute approximate surface area is 113 Å². The van der Waals surface area contributed by atoms with Crippen LogP contribution in [0.15, 0.2) is 24.3 Å². The highest BCUT2D eigenvalue weighted by Crippen LogP contribution is 2.20. The van der Waals surface area contributed by atoms with Crippen molar-refractivity contribution in [2.45, 2.75) is 18.2 Å². The summed E-state index contributed by atoms with van der Waals surface area (Å²) in [7, 11) is 3.21. The summed E-state index contributed by atoms with van der Waals surface area (Å²) in [6.45, 7) is 1.25. The number of aliphatic hydroxyl groups excluding tert-OH is 1. The van der Waals surface area contributed by atoms with Gasteiger partial charge in [0.05, 0.1) is 12.0 Å². The van der Waals surface area contributed by atoms with Crippen LogP contribution in [-0.2, 0) is 16.0 Å². The lowest BCUT2D eigenvalue weighted by Crippen LogP contribution is -2.29. The van der Waals surface area contributed by atoms with E-state index in [0.717, 1.165) is 11.1 Å². The van der Waals surface area contributed by atoms with Crippen LogP contribution in [0.1, 0.15) is 16.5 Å². The number of benzene rings is 1. The summed E-state index contributed by atoms with van der Waals surface area (Å²) < 4.78 is 10.2. The second kappa shape index (κ2) is 8.45. The van der Waals surface area contributed by atoms with Gasteiger partial charge in [-0.1, -0.05) is 24.3 Å². The maximum atomic E-state index is 9.01. The Morgan fingerprint density at radius 3 is 2.67 bits per heavy atom. The molecule has 0 aliphatic rings. The van der Waals surface area contributed by atoms with Crippen molar-refractivity contribution in [2.75, 3.05) is 27.4 Å². The van der Waals surface area contributed by atoms with Crippen LogP contribution in [0.5, 0.6) is 0 Å². The van der Waals surface area contributed by atoms with Crippen molar-refractivity contribution in [3.05, 3.63) is 35.4 Å². The Hall–Kier alpha value is -0.650. The highest BCUT2D eigenvalue weighted by molar-refractivity contribution is 6.20. The van der Waals surface area contributed by atoms with Gasteiger partial charge >= 0.3 is 0 Å². The van der Waals surface area contributed by atoms with E-state index in [1.165, 1.54) is 0 Å². The topological polar surface area (TPSA) is 50.7 Å². The van der Waals surface area contributed by atoms with Gasteiger partial charge in [0.25, 0.3) is 0 Å². The molecule has 1 aromatic rings. The molecular weight excluding hydrogens is 254 g/mol. The van der Waals surface area contributed by atoms with Crippen LogP contribution in [0, 0.1) is 0 Å². The van der Waals surface area contributed by atoms with Crippen LogP contribution < -0.4 is 5.32 Å². The number of methoxy groups -OCH3 is 2. The molecule has 102 valence electrons. The van der Waals surface area contributed by atoms with E-state index in [1.54, 1.807) is 14.2 Å². The van der Waals surface area contributed by atoms with Crippen molar-refractivity contribution in [3.63, 3.8) is 0 Å². The largest absolute Gasteiger partial charge is 0.394 e. The number of alkyl halides is 1. The smallest absolute Gasteiger partial charge is 0.169 e. The Bertz CT molecular complexity index is 345. The Balaban J connectivity index is 2.47. The maximum Gasteiger partial charge on any atom is 0.169 e. The van der Waals surface area contributed by atoms with Crippen molar-refractivity contribution >= 4 is 11.6 Å². The molecular formula is C13H20ClNO3. The predicted octanol–water partition coefficient (Wildman–Crippen LogP) is 1.67. The molecule has 0 aliphatic carbocycles. The monoisotopic (exact) mass is 273 g/mol. The van der Waals surface area contributed by atoms with Gasteiger partial charge in [-0.25, -0.2) is 0 Å². The lowest BCUT2D eigenvalue weighted by molar-refractivity contribution is -0.0989. The van der Waals surface area contributed by atoms with Gasteiger partial charge in [-0.15, -0.1) is 11.6 Å². The van der Waals surface area contributed by atoms with Crippen LogP contribution in [0.4, 0.5) is 0 Å². The summed E-state index contributed by atoms with van der Waals surface area (Å²) in [6, 6.07) is 7.83. The maximum absolute atomic E-state index is 9.01. The lowest BCUT2D eigenvalue weighted by Gasteiger charge is -2.14. The third kappa shape index (κ3) is 4.92. The summed E-state index contributed by atoms with van der Waals surface area (Å²) in [5, 5.41) is 11.9. The van der Waals surface area contributed by atoms with Crippen LogP contribution in [0.2, 0.25) is 0 Å². The zero-order chi connectivity index (χ0) is 13.4. The zero-order valence-corrected chi connectivity index (χ0v) is 11.5. The van der Waals surface area contributed by atoms with Crippen LogP contribution in [0.3, 0.4) is 0 Å². The Kier molecular flexibility index (Phi) is 7.23. The first-order valence-electron chi connectivity index (χ1n) is 5.81. The molecule has 0 fully saturated rings. The molecule has 0 saturated carbocycles. The quantitative estimate of drug-likeness (QED) is 0.559. The van der Waals surface area contributed by atoms with Crippen molar-refractivity contribution in [2.24, 2.45) is 0 Å². The second-order valence-corrected chi connectivity index (χ2v) is 4.45. The van der Waals surface area contributed by atoms with Gasteiger partial charge in [-0.3, -0.25) is 0 Å². The molecule has 0 aliphatic heterocycles. The summed E-state index contributed by atoms with van der Waals surface area (Å²) >= 11 is 5.98. The Morgan fingerprint density at radius 2 is 2.06 bits per heavy atom. The first-order valence-corrected chi connectivity index (χ1v) is 6.25. The molecule has 0 aromatic heterocycles. The van der Waals surface area contributed by atoms with Crippen molar-refractivity contribution in [1.82, 2.24) is 5.32 Å². The fraction of sp³-hybridized carbons (Fsp3) is 0.538. The minimum absolute atomic E-state index is 0.0616. The molecule has 1 atom stereocenters. The number of aliphatic hydroxyl groups is 1. The van der Waals surface area contributed by atoms with Crippen LogP contribution in [0.25, 0.3) is 0 Å². The number of nitrogens with one attached hydrogen (secondary N) is 1. The van der Waals surface area contributed by atoms with E-state index in [0.29, 0.717) is 13.1 Å². The van der Waals surface area contributed by atoms with Crippen LogP contribution in [-0.4, -0.2) is 38.8 Å². The average Bonchev–Trinajstić information content (AvgIpc) is 2.43. The van der Waals surface area contributed by atoms with Crippen molar-refractivity contribution in [3.8, 4) is 0 Å². The molecule has 1 rings (SSSR count). The van der Waals surface area contributed by atoms with Gasteiger partial charge in [0, 0.05) is 27.3 Å². The molecule has 1 unspecified atom stereocenters. The van der Waals surface area contributed by atoms with E-state index >= 15 is 0 Å². The fourth-order valence-corrected chi connectivity index (χ4v) is 1.74. The van der Waals surface area contributed by atoms with Crippen molar-refractivity contribution in [1.29, 1.82) is 0 Å².